The van der Waals surface area contributed by atoms with Gasteiger partial charge in [0.05, 0.1) is 17.4 Å². The zero-order chi connectivity index (χ0) is 10.8. The topological polar surface area (TPSA) is 53.6 Å². The Bertz CT molecular complexity index is 448. The summed E-state index contributed by atoms with van der Waals surface area (Å²) in [4.78, 5) is 4.27. The number of hydrogen-bond acceptors (Lipinski definition) is 4. The van der Waals surface area contributed by atoms with Gasteiger partial charge in [0.1, 0.15) is 0 Å². The summed E-state index contributed by atoms with van der Waals surface area (Å²) < 4.78 is 0. The highest BCUT2D eigenvalue weighted by Gasteiger charge is 2.19. The molecule has 4 nitrogen and oxygen atoms in total. The quantitative estimate of drug-likeness (QED) is 0.846. The van der Waals surface area contributed by atoms with E-state index in [9.17, 15) is 0 Å². The summed E-state index contributed by atoms with van der Waals surface area (Å²) in [5, 5.41) is 12.8. The summed E-state index contributed by atoms with van der Waals surface area (Å²) in [7, 11) is 0. The number of aromatic amines is 1. The molecule has 3 rings (SSSR count). The second-order valence-corrected chi connectivity index (χ2v) is 4.89. The Morgan fingerprint density at radius 3 is 3.44 bits per heavy atom. The van der Waals surface area contributed by atoms with Crippen molar-refractivity contribution < 1.29 is 0 Å². The van der Waals surface area contributed by atoms with Crippen LogP contribution in [0.5, 0.6) is 0 Å². The van der Waals surface area contributed by atoms with Crippen molar-refractivity contribution in [1.29, 1.82) is 0 Å². The lowest BCUT2D eigenvalue weighted by Crippen LogP contribution is -2.33. The SMILES string of the molecule is c1nc(CNC2CCc3[nH]ncc3C2)cs1. The molecule has 0 fully saturated rings. The molecule has 0 aromatic carbocycles. The number of fused-ring (bicyclic) bond motifs is 1. The number of H-pyrrole nitrogens is 1. The molecule has 2 N–H and O–H groups in total. The number of nitrogens with one attached hydrogen (secondary N) is 2. The maximum Gasteiger partial charge on any atom is 0.0795 e. The van der Waals surface area contributed by atoms with Crippen LogP contribution < -0.4 is 5.32 Å². The molecule has 84 valence electrons. The van der Waals surface area contributed by atoms with Crippen molar-refractivity contribution in [3.05, 3.63) is 34.0 Å². The van der Waals surface area contributed by atoms with Crippen molar-refractivity contribution in [2.24, 2.45) is 0 Å². The standard InChI is InChI=1S/C11H14N4S/c1-2-11-8(4-14-15-11)3-9(1)12-5-10-6-16-7-13-10/h4,6-7,9,12H,1-3,5H2,(H,14,15). The van der Waals surface area contributed by atoms with Gasteiger partial charge in [0.15, 0.2) is 0 Å². The van der Waals surface area contributed by atoms with Crippen LogP contribution in [0.3, 0.4) is 0 Å². The first-order chi connectivity index (χ1) is 7.92. The van der Waals surface area contributed by atoms with E-state index in [-0.39, 0.29) is 0 Å². The maximum atomic E-state index is 4.27. The average molecular weight is 234 g/mol. The van der Waals surface area contributed by atoms with Gasteiger partial charge in [0.2, 0.25) is 0 Å². The maximum absolute atomic E-state index is 4.27. The number of rotatable bonds is 3. The fourth-order valence-electron chi connectivity index (χ4n) is 2.16. The molecule has 0 bridgehead atoms. The molecule has 0 saturated carbocycles. The zero-order valence-electron chi connectivity index (χ0n) is 8.94. The third-order valence-corrected chi connectivity index (χ3v) is 3.71. The van der Waals surface area contributed by atoms with E-state index in [0.717, 1.165) is 25.1 Å². The first kappa shape index (κ1) is 9.99. The predicted octanol–water partition coefficient (Wildman–Crippen LogP) is 1.51. The van der Waals surface area contributed by atoms with Gasteiger partial charge in [-0.15, -0.1) is 11.3 Å². The van der Waals surface area contributed by atoms with E-state index in [1.807, 2.05) is 11.7 Å². The predicted molar refractivity (Wildman–Crippen MR) is 63.4 cm³/mol. The van der Waals surface area contributed by atoms with E-state index < -0.39 is 0 Å². The van der Waals surface area contributed by atoms with Crippen molar-refractivity contribution in [1.82, 2.24) is 20.5 Å². The highest BCUT2D eigenvalue weighted by Crippen LogP contribution is 2.19. The van der Waals surface area contributed by atoms with E-state index in [1.165, 1.54) is 17.7 Å². The summed E-state index contributed by atoms with van der Waals surface area (Å²) in [6, 6.07) is 0.562. The normalized spacial score (nSPS) is 19.6. The van der Waals surface area contributed by atoms with Gasteiger partial charge in [0, 0.05) is 23.7 Å². The molecule has 2 aromatic heterocycles. The van der Waals surface area contributed by atoms with Gasteiger partial charge in [-0.2, -0.15) is 5.10 Å². The lowest BCUT2D eigenvalue weighted by molar-refractivity contribution is 0.453. The summed E-state index contributed by atoms with van der Waals surface area (Å²) in [6.07, 6.45) is 5.31. The van der Waals surface area contributed by atoms with Crippen LogP contribution in [0, 0.1) is 0 Å². The summed E-state index contributed by atoms with van der Waals surface area (Å²) >= 11 is 1.65. The summed E-state index contributed by atoms with van der Waals surface area (Å²) in [5.74, 6) is 0. The molecule has 2 aromatic rings. The van der Waals surface area contributed by atoms with Gasteiger partial charge in [0.25, 0.3) is 0 Å². The molecule has 5 heteroatoms. The minimum Gasteiger partial charge on any atom is -0.308 e. The van der Waals surface area contributed by atoms with Gasteiger partial charge in [-0.05, 0) is 24.8 Å². The minimum atomic E-state index is 0.562. The summed E-state index contributed by atoms with van der Waals surface area (Å²) in [6.45, 7) is 0.876. The van der Waals surface area contributed by atoms with Gasteiger partial charge >= 0.3 is 0 Å². The van der Waals surface area contributed by atoms with Crippen molar-refractivity contribution in [2.75, 3.05) is 0 Å². The van der Waals surface area contributed by atoms with Gasteiger partial charge < -0.3 is 5.32 Å². The number of thiazole rings is 1. The third kappa shape index (κ3) is 2.01. The fraction of sp³-hybridized carbons (Fsp3) is 0.455. The van der Waals surface area contributed by atoms with E-state index in [4.69, 9.17) is 0 Å². The largest absolute Gasteiger partial charge is 0.308 e. The number of nitrogens with zero attached hydrogens (tertiary/aromatic N) is 2. The average Bonchev–Trinajstić information content (AvgIpc) is 2.97. The van der Waals surface area contributed by atoms with Crippen LogP contribution in [-0.2, 0) is 19.4 Å². The molecule has 1 unspecified atom stereocenters. The molecular formula is C11H14N4S. The fourth-order valence-corrected chi connectivity index (χ4v) is 2.72. The van der Waals surface area contributed by atoms with Crippen molar-refractivity contribution >= 4 is 11.3 Å². The van der Waals surface area contributed by atoms with E-state index in [2.05, 4.69) is 25.9 Å². The second-order valence-electron chi connectivity index (χ2n) is 4.17. The lowest BCUT2D eigenvalue weighted by Gasteiger charge is -2.22. The van der Waals surface area contributed by atoms with Crippen molar-refractivity contribution in [2.45, 2.75) is 31.8 Å². The van der Waals surface area contributed by atoms with Crippen LogP contribution in [-0.4, -0.2) is 21.2 Å². The molecule has 16 heavy (non-hydrogen) atoms. The molecule has 0 saturated heterocycles. The third-order valence-electron chi connectivity index (χ3n) is 3.07. The number of aromatic nitrogens is 3. The van der Waals surface area contributed by atoms with Crippen LogP contribution in [0.2, 0.25) is 0 Å². The Hall–Kier alpha value is -1.20. The molecule has 1 aliphatic carbocycles. The Morgan fingerprint density at radius 2 is 2.56 bits per heavy atom. The van der Waals surface area contributed by atoms with Crippen LogP contribution in [0.15, 0.2) is 17.1 Å². The van der Waals surface area contributed by atoms with Crippen molar-refractivity contribution in [3.8, 4) is 0 Å². The zero-order valence-corrected chi connectivity index (χ0v) is 9.76. The van der Waals surface area contributed by atoms with Crippen LogP contribution >= 0.6 is 11.3 Å². The van der Waals surface area contributed by atoms with Crippen LogP contribution in [0.1, 0.15) is 23.4 Å². The number of hydrogen-bond donors (Lipinski definition) is 2. The number of aryl methyl sites for hydroxylation is 1. The first-order valence-electron chi connectivity index (χ1n) is 5.53. The Kier molecular flexibility index (Phi) is 2.71. The smallest absolute Gasteiger partial charge is 0.0795 e. The minimum absolute atomic E-state index is 0.562. The molecule has 1 atom stereocenters. The lowest BCUT2D eigenvalue weighted by atomic mass is 9.93. The molecule has 0 radical (unpaired) electrons. The van der Waals surface area contributed by atoms with Crippen LogP contribution in [0.25, 0.3) is 0 Å². The monoisotopic (exact) mass is 234 g/mol. The van der Waals surface area contributed by atoms with Gasteiger partial charge in [-0.1, -0.05) is 0 Å². The molecule has 1 aliphatic rings. The Balaban J connectivity index is 1.58. The Morgan fingerprint density at radius 1 is 1.56 bits per heavy atom. The molecule has 0 aliphatic heterocycles. The second kappa shape index (κ2) is 4.35. The van der Waals surface area contributed by atoms with E-state index in [1.54, 1.807) is 11.3 Å². The van der Waals surface area contributed by atoms with Crippen LogP contribution in [0.4, 0.5) is 0 Å². The van der Waals surface area contributed by atoms with Gasteiger partial charge in [-0.25, -0.2) is 4.98 Å². The highest BCUT2D eigenvalue weighted by molar-refractivity contribution is 7.07. The Labute approximate surface area is 98.1 Å². The first-order valence-corrected chi connectivity index (χ1v) is 6.47. The van der Waals surface area contributed by atoms with E-state index >= 15 is 0 Å². The van der Waals surface area contributed by atoms with Gasteiger partial charge in [-0.3, -0.25) is 5.10 Å². The molecule has 0 amide bonds. The van der Waals surface area contributed by atoms with Crippen molar-refractivity contribution in [3.63, 3.8) is 0 Å². The highest BCUT2D eigenvalue weighted by atomic mass is 32.1. The summed E-state index contributed by atoms with van der Waals surface area (Å²) in [5.41, 5.74) is 5.70. The van der Waals surface area contributed by atoms with E-state index in [0.29, 0.717) is 6.04 Å². The molecular weight excluding hydrogens is 220 g/mol. The molecule has 0 spiro atoms. The molecule has 2 heterocycles.